The van der Waals surface area contributed by atoms with E-state index in [0.29, 0.717) is 16.8 Å². The molecule has 1 amide bonds. The van der Waals surface area contributed by atoms with Crippen LogP contribution in [0.25, 0.3) is 0 Å². The van der Waals surface area contributed by atoms with Gasteiger partial charge in [0.2, 0.25) is 0 Å². The Balaban J connectivity index is 1.75. The van der Waals surface area contributed by atoms with E-state index in [2.05, 4.69) is 10.1 Å². The van der Waals surface area contributed by atoms with Gasteiger partial charge in [0.05, 0.1) is 29.7 Å². The van der Waals surface area contributed by atoms with Gasteiger partial charge in [-0.15, -0.1) is 0 Å². The minimum absolute atomic E-state index is 0.0440. The maximum absolute atomic E-state index is 12.5. The summed E-state index contributed by atoms with van der Waals surface area (Å²) in [4.78, 5) is 46.4. The summed E-state index contributed by atoms with van der Waals surface area (Å²) in [6.07, 6.45) is 1.42. The van der Waals surface area contributed by atoms with Gasteiger partial charge in [0, 0.05) is 30.1 Å². The molecule has 30 heavy (non-hydrogen) atoms. The first-order valence-corrected chi connectivity index (χ1v) is 8.81. The SMILES string of the molecule is COC(=O)c1ccc(NC(=O)c2ccc(=O)n(Cc3ccc([N+](=O)[O-])cc3)c2)cc1. The number of benzene rings is 2. The normalized spacial score (nSPS) is 10.3. The number of nitro benzene ring substituents is 1. The molecule has 0 spiro atoms. The third kappa shape index (κ3) is 4.76. The maximum Gasteiger partial charge on any atom is 0.337 e. The predicted octanol–water partition coefficient (Wildman–Crippen LogP) is 2.84. The molecule has 0 saturated heterocycles. The van der Waals surface area contributed by atoms with E-state index < -0.39 is 16.8 Å². The van der Waals surface area contributed by atoms with E-state index in [4.69, 9.17) is 0 Å². The Morgan fingerprint density at radius 2 is 1.63 bits per heavy atom. The van der Waals surface area contributed by atoms with Crippen molar-refractivity contribution in [3.63, 3.8) is 0 Å². The highest BCUT2D eigenvalue weighted by Crippen LogP contribution is 2.14. The molecule has 152 valence electrons. The minimum atomic E-state index is -0.501. The number of nitrogens with zero attached hydrogens (tertiary/aromatic N) is 2. The largest absolute Gasteiger partial charge is 0.465 e. The van der Waals surface area contributed by atoms with Gasteiger partial charge in [-0.2, -0.15) is 0 Å². The molecule has 0 aliphatic carbocycles. The molecule has 9 nitrogen and oxygen atoms in total. The smallest absolute Gasteiger partial charge is 0.337 e. The average molecular weight is 407 g/mol. The van der Waals surface area contributed by atoms with Gasteiger partial charge >= 0.3 is 5.97 Å². The van der Waals surface area contributed by atoms with E-state index >= 15 is 0 Å². The van der Waals surface area contributed by atoms with Gasteiger partial charge in [0.1, 0.15) is 0 Å². The molecule has 1 N–H and O–H groups in total. The first kappa shape index (κ1) is 20.5. The number of rotatable bonds is 6. The first-order valence-electron chi connectivity index (χ1n) is 8.81. The molecule has 3 aromatic rings. The number of aromatic nitrogens is 1. The molecule has 0 saturated carbocycles. The molecule has 3 rings (SSSR count). The van der Waals surface area contributed by atoms with Gasteiger partial charge in [-0.25, -0.2) is 4.79 Å². The summed E-state index contributed by atoms with van der Waals surface area (Å²) < 4.78 is 5.97. The van der Waals surface area contributed by atoms with Gasteiger partial charge in [-0.05, 0) is 35.9 Å². The zero-order valence-electron chi connectivity index (χ0n) is 15.9. The third-order valence-corrected chi connectivity index (χ3v) is 4.31. The number of hydrogen-bond donors (Lipinski definition) is 1. The van der Waals surface area contributed by atoms with Crippen molar-refractivity contribution >= 4 is 23.3 Å². The number of nitrogens with one attached hydrogen (secondary N) is 1. The summed E-state index contributed by atoms with van der Waals surface area (Å²) in [6.45, 7) is 0.159. The fraction of sp³-hybridized carbons (Fsp3) is 0.0952. The van der Waals surface area contributed by atoms with Crippen molar-refractivity contribution in [1.29, 1.82) is 0 Å². The molecule has 0 fully saturated rings. The van der Waals surface area contributed by atoms with Gasteiger partial charge in [-0.1, -0.05) is 12.1 Å². The van der Waals surface area contributed by atoms with E-state index in [0.717, 1.165) is 0 Å². The molecule has 0 aliphatic heterocycles. The standard InChI is InChI=1S/C21H17N3O6/c1-30-21(27)15-4-7-17(8-5-15)22-20(26)16-6-11-19(25)23(13-16)12-14-2-9-18(10-3-14)24(28)29/h2-11,13H,12H2,1H3,(H,22,26). The number of pyridine rings is 1. The van der Waals surface area contributed by atoms with Crippen LogP contribution in [0.1, 0.15) is 26.3 Å². The average Bonchev–Trinajstić information content (AvgIpc) is 2.75. The van der Waals surface area contributed by atoms with Gasteiger partial charge in [0.25, 0.3) is 17.2 Å². The number of hydrogen-bond acceptors (Lipinski definition) is 6. The lowest BCUT2D eigenvalue weighted by Crippen LogP contribution is -2.22. The van der Waals surface area contributed by atoms with Crippen LogP contribution in [0.3, 0.4) is 0 Å². The monoisotopic (exact) mass is 407 g/mol. The molecular formula is C21H17N3O6. The number of non-ortho nitro benzene ring substituents is 1. The lowest BCUT2D eigenvalue weighted by molar-refractivity contribution is -0.384. The van der Waals surface area contributed by atoms with Crippen molar-refractivity contribution in [2.45, 2.75) is 6.54 Å². The van der Waals surface area contributed by atoms with Crippen LogP contribution in [-0.2, 0) is 11.3 Å². The van der Waals surface area contributed by atoms with Crippen LogP contribution in [0.5, 0.6) is 0 Å². The Labute approximate surface area is 170 Å². The zero-order valence-corrected chi connectivity index (χ0v) is 15.9. The Morgan fingerprint density at radius 1 is 1.00 bits per heavy atom. The summed E-state index contributed by atoms with van der Waals surface area (Å²) >= 11 is 0. The lowest BCUT2D eigenvalue weighted by Gasteiger charge is -2.10. The van der Waals surface area contributed by atoms with Gasteiger partial charge < -0.3 is 14.6 Å². The second-order valence-electron chi connectivity index (χ2n) is 6.33. The number of methoxy groups -OCH3 is 1. The number of anilines is 1. The van der Waals surface area contributed by atoms with Gasteiger partial charge in [0.15, 0.2) is 0 Å². The van der Waals surface area contributed by atoms with E-state index in [1.807, 2.05) is 0 Å². The topological polar surface area (TPSA) is 121 Å². The first-order chi connectivity index (χ1) is 14.4. The number of ether oxygens (including phenoxy) is 1. The highest BCUT2D eigenvalue weighted by atomic mass is 16.6. The number of nitro groups is 1. The second kappa shape index (κ2) is 8.82. The Kier molecular flexibility index (Phi) is 6.02. The molecular weight excluding hydrogens is 390 g/mol. The van der Waals surface area contributed by atoms with Crippen molar-refractivity contribution in [2.24, 2.45) is 0 Å². The molecule has 9 heteroatoms. The molecule has 0 aliphatic rings. The van der Waals surface area contributed by atoms with Crippen LogP contribution in [0, 0.1) is 10.1 Å². The lowest BCUT2D eigenvalue weighted by atomic mass is 10.2. The maximum atomic E-state index is 12.5. The van der Waals surface area contributed by atoms with Crippen molar-refractivity contribution in [2.75, 3.05) is 12.4 Å². The third-order valence-electron chi connectivity index (χ3n) is 4.31. The number of carbonyl (C=O) groups excluding carboxylic acids is 2. The van der Waals surface area contributed by atoms with Crippen LogP contribution in [0.15, 0.2) is 71.7 Å². The summed E-state index contributed by atoms with van der Waals surface area (Å²) in [6, 6.07) is 14.7. The van der Waals surface area contributed by atoms with E-state index in [-0.39, 0.29) is 23.4 Å². The summed E-state index contributed by atoms with van der Waals surface area (Å²) in [5.41, 5.74) is 1.41. The van der Waals surface area contributed by atoms with Crippen LogP contribution in [0.2, 0.25) is 0 Å². The minimum Gasteiger partial charge on any atom is -0.465 e. The fourth-order valence-electron chi connectivity index (χ4n) is 2.72. The van der Waals surface area contributed by atoms with Crippen LogP contribution < -0.4 is 10.9 Å². The number of amides is 1. The van der Waals surface area contributed by atoms with Crippen molar-refractivity contribution in [3.05, 3.63) is 104 Å². The number of esters is 1. The van der Waals surface area contributed by atoms with E-state index in [9.17, 15) is 24.5 Å². The molecule has 0 unspecified atom stereocenters. The zero-order chi connectivity index (χ0) is 21.7. The predicted molar refractivity (Wildman–Crippen MR) is 109 cm³/mol. The second-order valence-corrected chi connectivity index (χ2v) is 6.33. The molecule has 0 bridgehead atoms. The highest BCUT2D eigenvalue weighted by Gasteiger charge is 2.11. The molecule has 1 heterocycles. The quantitative estimate of drug-likeness (QED) is 0.381. The van der Waals surface area contributed by atoms with Gasteiger partial charge in [-0.3, -0.25) is 19.7 Å². The molecule has 2 aromatic carbocycles. The van der Waals surface area contributed by atoms with E-state index in [1.54, 1.807) is 24.3 Å². The van der Waals surface area contributed by atoms with Crippen LogP contribution in [0.4, 0.5) is 11.4 Å². The van der Waals surface area contributed by atoms with Crippen LogP contribution in [-0.4, -0.2) is 28.5 Å². The summed E-state index contributed by atoms with van der Waals surface area (Å²) in [5.74, 6) is -0.913. The van der Waals surface area contributed by atoms with Crippen LogP contribution >= 0.6 is 0 Å². The summed E-state index contributed by atoms with van der Waals surface area (Å²) in [7, 11) is 1.28. The fourth-order valence-corrected chi connectivity index (χ4v) is 2.72. The van der Waals surface area contributed by atoms with Crippen molar-refractivity contribution in [3.8, 4) is 0 Å². The number of carbonyl (C=O) groups is 2. The van der Waals surface area contributed by atoms with Crippen molar-refractivity contribution in [1.82, 2.24) is 4.57 Å². The molecule has 1 aromatic heterocycles. The van der Waals surface area contributed by atoms with Crippen molar-refractivity contribution < 1.29 is 19.2 Å². The van der Waals surface area contributed by atoms with E-state index in [1.165, 1.54) is 54.3 Å². The molecule has 0 radical (unpaired) electrons. The Hall–Kier alpha value is -4.27. The molecule has 0 atom stereocenters. The Morgan fingerprint density at radius 3 is 2.23 bits per heavy atom. The Bertz CT molecular complexity index is 1150. The highest BCUT2D eigenvalue weighted by molar-refractivity contribution is 6.04. The summed E-state index contributed by atoms with van der Waals surface area (Å²) in [5, 5.41) is 13.4.